The molecule has 1 saturated carbocycles. The van der Waals surface area contributed by atoms with Crippen LogP contribution in [0.1, 0.15) is 43.5 Å². The monoisotopic (exact) mass is 276 g/mol. The molecule has 2 fully saturated rings. The average molecular weight is 276 g/mol. The summed E-state index contributed by atoms with van der Waals surface area (Å²) in [6.07, 6.45) is 3.57. The Morgan fingerprint density at radius 2 is 1.95 bits per heavy atom. The third-order valence-corrected chi connectivity index (χ3v) is 4.38. The SMILES string of the molecule is CNc1nc(C2CC2)nc(NC(C)C2CCOC2)c1C. The molecule has 2 unspecified atom stereocenters. The van der Waals surface area contributed by atoms with Gasteiger partial charge >= 0.3 is 0 Å². The Balaban J connectivity index is 1.81. The highest BCUT2D eigenvalue weighted by Gasteiger charge is 2.29. The van der Waals surface area contributed by atoms with Gasteiger partial charge in [0.2, 0.25) is 0 Å². The maximum absolute atomic E-state index is 5.48. The Morgan fingerprint density at radius 1 is 1.20 bits per heavy atom. The zero-order chi connectivity index (χ0) is 14.1. The summed E-state index contributed by atoms with van der Waals surface area (Å²) in [5.41, 5.74) is 1.10. The number of nitrogens with one attached hydrogen (secondary N) is 2. The van der Waals surface area contributed by atoms with E-state index < -0.39 is 0 Å². The number of nitrogens with zero attached hydrogens (tertiary/aromatic N) is 2. The van der Waals surface area contributed by atoms with Crippen LogP contribution in [-0.4, -0.2) is 36.3 Å². The molecule has 0 aromatic carbocycles. The molecule has 3 rings (SSSR count). The summed E-state index contributed by atoms with van der Waals surface area (Å²) in [7, 11) is 1.92. The zero-order valence-electron chi connectivity index (χ0n) is 12.6. The van der Waals surface area contributed by atoms with E-state index in [2.05, 4.69) is 29.5 Å². The minimum atomic E-state index is 0.378. The Labute approximate surface area is 120 Å². The first-order valence-corrected chi connectivity index (χ1v) is 7.59. The van der Waals surface area contributed by atoms with E-state index in [0.717, 1.165) is 42.7 Å². The molecule has 110 valence electrons. The van der Waals surface area contributed by atoms with Gasteiger partial charge in [0.25, 0.3) is 0 Å². The number of aromatic nitrogens is 2. The lowest BCUT2D eigenvalue weighted by atomic mass is 10.0. The molecule has 1 saturated heterocycles. The maximum Gasteiger partial charge on any atom is 0.136 e. The first-order chi connectivity index (χ1) is 9.69. The number of rotatable bonds is 5. The molecule has 2 heterocycles. The molecule has 0 radical (unpaired) electrons. The van der Waals surface area contributed by atoms with Crippen molar-refractivity contribution in [1.82, 2.24) is 9.97 Å². The fourth-order valence-corrected chi connectivity index (χ4v) is 2.72. The molecular formula is C15H24N4O. The highest BCUT2D eigenvalue weighted by Crippen LogP contribution is 2.39. The predicted molar refractivity (Wildman–Crippen MR) is 80.3 cm³/mol. The molecule has 1 aliphatic carbocycles. The van der Waals surface area contributed by atoms with Gasteiger partial charge in [-0.2, -0.15) is 0 Å². The molecule has 1 aliphatic heterocycles. The number of hydrogen-bond acceptors (Lipinski definition) is 5. The molecule has 0 bridgehead atoms. The first-order valence-electron chi connectivity index (χ1n) is 7.59. The van der Waals surface area contributed by atoms with Crippen LogP contribution in [0, 0.1) is 12.8 Å². The minimum absolute atomic E-state index is 0.378. The van der Waals surface area contributed by atoms with E-state index in [1.54, 1.807) is 0 Å². The molecule has 2 N–H and O–H groups in total. The predicted octanol–water partition coefficient (Wildman–Crippen LogP) is 2.54. The minimum Gasteiger partial charge on any atom is -0.381 e. The van der Waals surface area contributed by atoms with Gasteiger partial charge in [0.05, 0.1) is 6.61 Å². The van der Waals surface area contributed by atoms with Gasteiger partial charge in [-0.25, -0.2) is 9.97 Å². The lowest BCUT2D eigenvalue weighted by Gasteiger charge is -2.22. The summed E-state index contributed by atoms with van der Waals surface area (Å²) in [4.78, 5) is 9.38. The van der Waals surface area contributed by atoms with E-state index >= 15 is 0 Å². The van der Waals surface area contributed by atoms with Gasteiger partial charge in [-0.05, 0) is 33.1 Å². The highest BCUT2D eigenvalue weighted by atomic mass is 16.5. The second-order valence-electron chi connectivity index (χ2n) is 5.98. The van der Waals surface area contributed by atoms with Crippen molar-refractivity contribution in [2.24, 2.45) is 5.92 Å². The zero-order valence-corrected chi connectivity index (χ0v) is 12.6. The van der Waals surface area contributed by atoms with E-state index in [9.17, 15) is 0 Å². The van der Waals surface area contributed by atoms with Crippen molar-refractivity contribution in [2.45, 2.75) is 45.1 Å². The molecule has 0 amide bonds. The van der Waals surface area contributed by atoms with Crippen molar-refractivity contribution in [1.29, 1.82) is 0 Å². The van der Waals surface area contributed by atoms with E-state index in [0.29, 0.717) is 17.9 Å². The Morgan fingerprint density at radius 3 is 2.55 bits per heavy atom. The molecule has 20 heavy (non-hydrogen) atoms. The fraction of sp³-hybridized carbons (Fsp3) is 0.733. The molecule has 2 atom stereocenters. The number of ether oxygens (including phenoxy) is 1. The lowest BCUT2D eigenvalue weighted by Crippen LogP contribution is -2.27. The van der Waals surface area contributed by atoms with Crippen molar-refractivity contribution < 1.29 is 4.74 Å². The summed E-state index contributed by atoms with van der Waals surface area (Å²) in [5.74, 6) is 4.04. The summed E-state index contributed by atoms with van der Waals surface area (Å²) >= 11 is 0. The van der Waals surface area contributed by atoms with E-state index in [-0.39, 0.29) is 0 Å². The van der Waals surface area contributed by atoms with Gasteiger partial charge < -0.3 is 15.4 Å². The Bertz CT molecular complexity index is 481. The highest BCUT2D eigenvalue weighted by molar-refractivity contribution is 5.57. The second-order valence-corrected chi connectivity index (χ2v) is 5.98. The van der Waals surface area contributed by atoms with E-state index in [4.69, 9.17) is 9.72 Å². The first kappa shape index (κ1) is 13.6. The molecule has 5 heteroatoms. The van der Waals surface area contributed by atoms with E-state index in [1.165, 1.54) is 12.8 Å². The topological polar surface area (TPSA) is 59.1 Å². The van der Waals surface area contributed by atoms with E-state index in [1.807, 2.05) is 7.05 Å². The van der Waals surface area contributed by atoms with Crippen LogP contribution < -0.4 is 10.6 Å². The van der Waals surface area contributed by atoms with Crippen molar-refractivity contribution in [2.75, 3.05) is 30.9 Å². The second kappa shape index (κ2) is 5.56. The maximum atomic E-state index is 5.48. The number of hydrogen-bond donors (Lipinski definition) is 2. The van der Waals surface area contributed by atoms with Crippen LogP contribution in [0.15, 0.2) is 0 Å². The van der Waals surface area contributed by atoms with Gasteiger partial charge in [-0.3, -0.25) is 0 Å². The van der Waals surface area contributed by atoms with Crippen LogP contribution in [-0.2, 0) is 4.74 Å². The molecule has 2 aliphatic rings. The molecule has 1 aromatic heterocycles. The lowest BCUT2D eigenvalue weighted by molar-refractivity contribution is 0.183. The standard InChI is InChI=1S/C15H24N4O/c1-9-13(16-3)18-15(11-4-5-11)19-14(9)17-10(2)12-6-7-20-8-12/h10-12H,4-8H2,1-3H3,(H2,16,17,18,19). The normalized spacial score (nSPS) is 23.6. The third kappa shape index (κ3) is 2.73. The van der Waals surface area contributed by atoms with Gasteiger partial charge in [-0.1, -0.05) is 0 Å². The van der Waals surface area contributed by atoms with Crippen LogP contribution in [0.4, 0.5) is 11.6 Å². The molecular weight excluding hydrogens is 252 g/mol. The summed E-state index contributed by atoms with van der Waals surface area (Å²) in [6, 6.07) is 0.378. The van der Waals surface area contributed by atoms with Crippen molar-refractivity contribution >= 4 is 11.6 Å². The Kier molecular flexibility index (Phi) is 3.78. The van der Waals surface area contributed by atoms with Crippen molar-refractivity contribution in [3.8, 4) is 0 Å². The van der Waals surface area contributed by atoms with Gasteiger partial charge in [0, 0.05) is 37.1 Å². The summed E-state index contributed by atoms with van der Waals surface area (Å²) < 4.78 is 5.48. The molecule has 5 nitrogen and oxygen atoms in total. The Hall–Kier alpha value is -1.36. The quantitative estimate of drug-likeness (QED) is 0.865. The van der Waals surface area contributed by atoms with Crippen LogP contribution >= 0.6 is 0 Å². The molecule has 1 aromatic rings. The average Bonchev–Trinajstić information content (AvgIpc) is 3.15. The van der Waals surface area contributed by atoms with Crippen molar-refractivity contribution in [3.05, 3.63) is 11.4 Å². The molecule has 0 spiro atoms. The summed E-state index contributed by atoms with van der Waals surface area (Å²) in [6.45, 7) is 6.03. The van der Waals surface area contributed by atoms with Crippen LogP contribution in [0.5, 0.6) is 0 Å². The number of anilines is 2. The van der Waals surface area contributed by atoms with Crippen LogP contribution in [0.25, 0.3) is 0 Å². The van der Waals surface area contributed by atoms with Crippen molar-refractivity contribution in [3.63, 3.8) is 0 Å². The fourth-order valence-electron chi connectivity index (χ4n) is 2.72. The smallest absolute Gasteiger partial charge is 0.136 e. The summed E-state index contributed by atoms with van der Waals surface area (Å²) in [5, 5.41) is 6.76. The van der Waals surface area contributed by atoms with Crippen LogP contribution in [0.3, 0.4) is 0 Å². The third-order valence-electron chi connectivity index (χ3n) is 4.38. The van der Waals surface area contributed by atoms with Gasteiger partial charge in [-0.15, -0.1) is 0 Å². The largest absolute Gasteiger partial charge is 0.381 e. The van der Waals surface area contributed by atoms with Gasteiger partial charge in [0.15, 0.2) is 0 Å². The van der Waals surface area contributed by atoms with Crippen LogP contribution in [0.2, 0.25) is 0 Å². The van der Waals surface area contributed by atoms with Gasteiger partial charge in [0.1, 0.15) is 17.5 Å².